The van der Waals surface area contributed by atoms with E-state index in [0.29, 0.717) is 12.7 Å². The van der Waals surface area contributed by atoms with Crippen molar-refractivity contribution in [3.63, 3.8) is 0 Å². The Labute approximate surface area is 189 Å². The summed E-state index contributed by atoms with van der Waals surface area (Å²) in [4.78, 5) is 47.9. The molecule has 3 amide bonds. The van der Waals surface area contributed by atoms with E-state index in [1.54, 1.807) is 30.3 Å². The van der Waals surface area contributed by atoms with Gasteiger partial charge in [0.15, 0.2) is 0 Å². The number of aldehydes is 1. The Balaban J connectivity index is 2.62. The van der Waals surface area contributed by atoms with Gasteiger partial charge in [0.05, 0.1) is 18.8 Å². The van der Waals surface area contributed by atoms with E-state index < -0.39 is 52.4 Å². The second-order valence-electron chi connectivity index (χ2n) is 8.02. The zero-order valence-electron chi connectivity index (χ0n) is 18.8. The van der Waals surface area contributed by atoms with Crippen LogP contribution in [0.2, 0.25) is 0 Å². The lowest BCUT2D eigenvalue weighted by Crippen LogP contribution is -2.53. The number of hydrogen-bond donors (Lipinski definition) is 4. The van der Waals surface area contributed by atoms with Gasteiger partial charge in [-0.25, -0.2) is 13.1 Å². The first-order chi connectivity index (χ1) is 14.9. The van der Waals surface area contributed by atoms with Crippen LogP contribution >= 0.6 is 0 Å². The quantitative estimate of drug-likeness (QED) is 0.287. The maximum absolute atomic E-state index is 12.5. The molecule has 1 aromatic rings. The minimum Gasteiger partial charge on any atom is -0.346 e. The monoisotopic (exact) mass is 468 g/mol. The standard InChI is InChI=1S/C21H32N4O6S/c1-14(2)10-17(13-26)24-20(28)15(3)23-19(27)12-22-21(29)18(25-32(4,30)31)11-16-8-6-5-7-9-16/h5-9,13-15,17-18,25H,10-12H2,1-4H3,(H,22,29)(H,23,27)(H,24,28)/t15-,17-,18-/m0/s1. The van der Waals surface area contributed by atoms with Crippen LogP contribution in [0.25, 0.3) is 0 Å². The van der Waals surface area contributed by atoms with E-state index >= 15 is 0 Å². The lowest BCUT2D eigenvalue weighted by molar-refractivity contribution is -0.130. The highest BCUT2D eigenvalue weighted by Crippen LogP contribution is 2.05. The van der Waals surface area contributed by atoms with Gasteiger partial charge in [-0.2, -0.15) is 0 Å². The van der Waals surface area contributed by atoms with E-state index in [-0.39, 0.29) is 12.3 Å². The summed E-state index contributed by atoms with van der Waals surface area (Å²) in [5, 5.41) is 7.37. The van der Waals surface area contributed by atoms with E-state index in [2.05, 4.69) is 20.7 Å². The maximum Gasteiger partial charge on any atom is 0.242 e. The van der Waals surface area contributed by atoms with Gasteiger partial charge in [0, 0.05) is 0 Å². The highest BCUT2D eigenvalue weighted by atomic mass is 32.2. The Kier molecular flexibility index (Phi) is 11.0. The molecule has 4 N–H and O–H groups in total. The molecule has 0 aliphatic heterocycles. The van der Waals surface area contributed by atoms with Crippen LogP contribution in [0.4, 0.5) is 0 Å². The maximum atomic E-state index is 12.5. The fraction of sp³-hybridized carbons (Fsp3) is 0.524. The molecule has 10 nitrogen and oxygen atoms in total. The lowest BCUT2D eigenvalue weighted by atomic mass is 10.0. The number of nitrogens with one attached hydrogen (secondary N) is 4. The Morgan fingerprint density at radius 3 is 2.16 bits per heavy atom. The van der Waals surface area contributed by atoms with Gasteiger partial charge in [0.2, 0.25) is 27.7 Å². The van der Waals surface area contributed by atoms with Crippen LogP contribution in [-0.4, -0.2) is 63.4 Å². The van der Waals surface area contributed by atoms with Crippen molar-refractivity contribution < 1.29 is 27.6 Å². The summed E-state index contributed by atoms with van der Waals surface area (Å²) in [6.07, 6.45) is 2.16. The van der Waals surface area contributed by atoms with Crippen molar-refractivity contribution in [3.05, 3.63) is 35.9 Å². The third kappa shape index (κ3) is 11.0. The third-order valence-corrected chi connectivity index (χ3v) is 5.08. The summed E-state index contributed by atoms with van der Waals surface area (Å²) in [5.74, 6) is -1.63. The predicted molar refractivity (Wildman–Crippen MR) is 120 cm³/mol. The largest absolute Gasteiger partial charge is 0.346 e. The zero-order valence-corrected chi connectivity index (χ0v) is 19.6. The van der Waals surface area contributed by atoms with E-state index in [0.717, 1.165) is 11.8 Å². The Morgan fingerprint density at radius 1 is 1.00 bits per heavy atom. The fourth-order valence-electron chi connectivity index (χ4n) is 2.91. The molecule has 0 saturated heterocycles. The smallest absolute Gasteiger partial charge is 0.242 e. The Bertz CT molecular complexity index is 889. The summed E-state index contributed by atoms with van der Waals surface area (Å²) in [5.41, 5.74) is 0.740. The summed E-state index contributed by atoms with van der Waals surface area (Å²) in [6, 6.07) is 6.15. The number of carbonyl (C=O) groups is 4. The van der Waals surface area contributed by atoms with Crippen LogP contribution in [0.3, 0.4) is 0 Å². The summed E-state index contributed by atoms with van der Waals surface area (Å²) < 4.78 is 25.5. The average Bonchev–Trinajstić information content (AvgIpc) is 2.70. The fourth-order valence-corrected chi connectivity index (χ4v) is 3.62. The summed E-state index contributed by atoms with van der Waals surface area (Å²) >= 11 is 0. The highest BCUT2D eigenvalue weighted by molar-refractivity contribution is 7.88. The van der Waals surface area contributed by atoms with Gasteiger partial charge in [-0.3, -0.25) is 14.4 Å². The van der Waals surface area contributed by atoms with Crippen LogP contribution in [-0.2, 0) is 35.6 Å². The van der Waals surface area contributed by atoms with Crippen molar-refractivity contribution in [3.8, 4) is 0 Å². The SMILES string of the molecule is CC(C)C[C@@H](C=O)NC(=O)[C@H](C)NC(=O)CNC(=O)[C@H](Cc1ccccc1)NS(C)(=O)=O. The van der Waals surface area contributed by atoms with Gasteiger partial charge < -0.3 is 20.7 Å². The van der Waals surface area contributed by atoms with E-state index in [4.69, 9.17) is 0 Å². The summed E-state index contributed by atoms with van der Waals surface area (Å²) in [7, 11) is -3.67. The molecule has 0 aromatic heterocycles. The first kappa shape index (κ1) is 27.2. The predicted octanol–water partition coefficient (Wildman–Crippen LogP) is -0.502. The number of hydrogen-bond acceptors (Lipinski definition) is 6. The molecular formula is C21H32N4O6S. The number of sulfonamides is 1. The van der Waals surface area contributed by atoms with E-state index in [1.807, 2.05) is 13.8 Å². The van der Waals surface area contributed by atoms with Gasteiger partial charge in [-0.1, -0.05) is 44.2 Å². The Morgan fingerprint density at radius 2 is 1.62 bits per heavy atom. The third-order valence-electron chi connectivity index (χ3n) is 4.37. The van der Waals surface area contributed by atoms with Gasteiger partial charge in [0.25, 0.3) is 0 Å². The van der Waals surface area contributed by atoms with Crippen LogP contribution in [0.5, 0.6) is 0 Å². The minimum atomic E-state index is -3.67. The molecule has 32 heavy (non-hydrogen) atoms. The minimum absolute atomic E-state index is 0.100. The van der Waals surface area contributed by atoms with Gasteiger partial charge >= 0.3 is 0 Å². The summed E-state index contributed by atoms with van der Waals surface area (Å²) in [6.45, 7) is 4.84. The highest BCUT2D eigenvalue weighted by Gasteiger charge is 2.24. The second kappa shape index (κ2) is 12.9. The molecule has 1 rings (SSSR count). The first-order valence-electron chi connectivity index (χ1n) is 10.2. The molecule has 0 saturated carbocycles. The van der Waals surface area contributed by atoms with Gasteiger partial charge in [0.1, 0.15) is 18.4 Å². The number of carbonyl (C=O) groups excluding carboxylic acids is 4. The molecule has 0 aliphatic carbocycles. The van der Waals surface area contributed by atoms with Crippen molar-refractivity contribution in [1.82, 2.24) is 20.7 Å². The normalized spacial score (nSPS) is 14.2. The van der Waals surface area contributed by atoms with E-state index in [9.17, 15) is 27.6 Å². The van der Waals surface area contributed by atoms with Crippen LogP contribution in [0, 0.1) is 5.92 Å². The molecule has 0 spiro atoms. The molecule has 0 unspecified atom stereocenters. The van der Waals surface area contributed by atoms with Crippen LogP contribution < -0.4 is 20.7 Å². The first-order valence-corrected chi connectivity index (χ1v) is 12.1. The second-order valence-corrected chi connectivity index (χ2v) is 9.80. The molecule has 3 atom stereocenters. The van der Waals surface area contributed by atoms with Crippen molar-refractivity contribution in [2.24, 2.45) is 5.92 Å². The van der Waals surface area contributed by atoms with Crippen molar-refractivity contribution in [1.29, 1.82) is 0 Å². The molecule has 11 heteroatoms. The molecule has 0 heterocycles. The number of rotatable bonds is 13. The molecule has 0 radical (unpaired) electrons. The van der Waals surface area contributed by atoms with Crippen molar-refractivity contribution in [2.45, 2.75) is 51.7 Å². The number of benzene rings is 1. The molecule has 178 valence electrons. The molecular weight excluding hydrogens is 436 g/mol. The molecule has 0 fully saturated rings. The van der Waals surface area contributed by atoms with Crippen LogP contribution in [0.15, 0.2) is 30.3 Å². The van der Waals surface area contributed by atoms with Gasteiger partial charge in [-0.05, 0) is 31.2 Å². The van der Waals surface area contributed by atoms with Crippen LogP contribution in [0.1, 0.15) is 32.8 Å². The molecule has 0 aliphatic rings. The van der Waals surface area contributed by atoms with Gasteiger partial charge in [-0.15, -0.1) is 0 Å². The Hall–Kier alpha value is -2.79. The molecule has 1 aromatic carbocycles. The number of amides is 3. The zero-order chi connectivity index (χ0) is 24.3. The van der Waals surface area contributed by atoms with Crippen molar-refractivity contribution in [2.75, 3.05) is 12.8 Å². The lowest BCUT2D eigenvalue weighted by Gasteiger charge is -2.20. The van der Waals surface area contributed by atoms with Crippen molar-refractivity contribution >= 4 is 34.0 Å². The topological polar surface area (TPSA) is 151 Å². The average molecular weight is 469 g/mol. The van der Waals surface area contributed by atoms with E-state index in [1.165, 1.54) is 6.92 Å². The molecule has 0 bridgehead atoms.